The maximum atomic E-state index is 6.10. The Morgan fingerprint density at radius 2 is 2.00 bits per heavy atom. The topological polar surface area (TPSA) is 30.5 Å². The smallest absolute Gasteiger partial charge is 0.161 e. The normalized spacial score (nSPS) is 20.9. The molecule has 1 N–H and O–H groups in total. The second-order valence-corrected chi connectivity index (χ2v) is 5.33. The van der Waals surface area contributed by atoms with Gasteiger partial charge in [-0.25, -0.2) is 0 Å². The summed E-state index contributed by atoms with van der Waals surface area (Å²) in [5.41, 5.74) is 0. The molecule has 0 saturated heterocycles. The first-order chi connectivity index (χ1) is 9.24. The van der Waals surface area contributed by atoms with Gasteiger partial charge in [-0.1, -0.05) is 39.3 Å². The van der Waals surface area contributed by atoms with E-state index < -0.39 is 0 Å². The molecule has 3 unspecified atom stereocenters. The Morgan fingerprint density at radius 3 is 2.68 bits per heavy atom. The first-order valence-electron chi connectivity index (χ1n) is 7.36. The predicted octanol–water partition coefficient (Wildman–Crippen LogP) is 3.24. The third-order valence-electron chi connectivity index (χ3n) is 3.80. The second kappa shape index (κ2) is 6.80. The molecule has 0 amide bonds. The average molecular weight is 263 g/mol. The van der Waals surface area contributed by atoms with E-state index in [1.165, 1.54) is 6.42 Å². The minimum atomic E-state index is 0.101. The Balaban J connectivity index is 2.03. The van der Waals surface area contributed by atoms with Crippen molar-refractivity contribution in [2.45, 2.75) is 45.8 Å². The SMILES string of the molecule is CCNC(CC(C)CC)C1COc2ccccc2O1. The number of hydrogen-bond donors (Lipinski definition) is 1. The third-order valence-corrected chi connectivity index (χ3v) is 3.80. The minimum Gasteiger partial charge on any atom is -0.486 e. The zero-order valence-corrected chi connectivity index (χ0v) is 12.2. The molecule has 3 atom stereocenters. The average Bonchev–Trinajstić information content (AvgIpc) is 2.46. The zero-order chi connectivity index (χ0) is 13.7. The summed E-state index contributed by atoms with van der Waals surface area (Å²) in [5, 5.41) is 3.54. The molecule has 1 aliphatic heterocycles. The molecule has 0 aromatic heterocycles. The summed E-state index contributed by atoms with van der Waals surface area (Å²) in [7, 11) is 0. The molecule has 3 heteroatoms. The largest absolute Gasteiger partial charge is 0.486 e. The van der Waals surface area contributed by atoms with Gasteiger partial charge in [0.05, 0.1) is 0 Å². The van der Waals surface area contributed by atoms with Crippen molar-refractivity contribution in [3.8, 4) is 11.5 Å². The van der Waals surface area contributed by atoms with E-state index in [-0.39, 0.29) is 6.10 Å². The molecule has 0 aliphatic carbocycles. The molecule has 1 aromatic rings. The van der Waals surface area contributed by atoms with Crippen molar-refractivity contribution in [2.75, 3.05) is 13.2 Å². The highest BCUT2D eigenvalue weighted by Gasteiger charge is 2.29. The first kappa shape index (κ1) is 14.2. The van der Waals surface area contributed by atoms with Crippen molar-refractivity contribution in [1.82, 2.24) is 5.32 Å². The lowest BCUT2D eigenvalue weighted by molar-refractivity contribution is 0.0555. The van der Waals surface area contributed by atoms with Gasteiger partial charge in [-0.2, -0.15) is 0 Å². The van der Waals surface area contributed by atoms with Gasteiger partial charge in [0, 0.05) is 6.04 Å². The van der Waals surface area contributed by atoms with E-state index >= 15 is 0 Å². The van der Waals surface area contributed by atoms with Crippen LogP contribution in [0, 0.1) is 5.92 Å². The maximum Gasteiger partial charge on any atom is 0.161 e. The van der Waals surface area contributed by atoms with Crippen LogP contribution in [0.3, 0.4) is 0 Å². The summed E-state index contributed by atoms with van der Waals surface area (Å²) in [4.78, 5) is 0. The predicted molar refractivity (Wildman–Crippen MR) is 77.9 cm³/mol. The molecule has 0 saturated carbocycles. The van der Waals surface area contributed by atoms with Gasteiger partial charge in [-0.05, 0) is 31.0 Å². The Bertz CT molecular complexity index is 394. The van der Waals surface area contributed by atoms with Crippen LogP contribution < -0.4 is 14.8 Å². The number of para-hydroxylation sites is 2. The molecular formula is C16H25NO2. The van der Waals surface area contributed by atoms with Crippen molar-refractivity contribution in [3.63, 3.8) is 0 Å². The fourth-order valence-electron chi connectivity index (χ4n) is 2.46. The van der Waals surface area contributed by atoms with Crippen LogP contribution in [0.2, 0.25) is 0 Å². The van der Waals surface area contributed by atoms with Gasteiger partial charge >= 0.3 is 0 Å². The summed E-state index contributed by atoms with van der Waals surface area (Å²) >= 11 is 0. The van der Waals surface area contributed by atoms with Crippen molar-refractivity contribution in [3.05, 3.63) is 24.3 Å². The van der Waals surface area contributed by atoms with Crippen molar-refractivity contribution >= 4 is 0 Å². The van der Waals surface area contributed by atoms with Crippen LogP contribution in [0.1, 0.15) is 33.6 Å². The minimum absolute atomic E-state index is 0.101. The standard InChI is InChI=1S/C16H25NO2/c1-4-12(3)10-13(17-5-2)16-11-18-14-8-6-7-9-15(14)19-16/h6-9,12-13,16-17H,4-5,10-11H2,1-3H3. The highest BCUT2D eigenvalue weighted by atomic mass is 16.6. The molecule has 0 radical (unpaired) electrons. The quantitative estimate of drug-likeness (QED) is 0.854. The van der Waals surface area contributed by atoms with Crippen LogP contribution in [0.15, 0.2) is 24.3 Å². The highest BCUT2D eigenvalue weighted by Crippen LogP contribution is 2.32. The van der Waals surface area contributed by atoms with E-state index in [0.717, 1.165) is 24.5 Å². The number of fused-ring (bicyclic) bond motifs is 1. The van der Waals surface area contributed by atoms with Gasteiger partial charge in [0.1, 0.15) is 12.7 Å². The number of rotatable bonds is 6. The number of benzene rings is 1. The van der Waals surface area contributed by atoms with Gasteiger partial charge in [0.15, 0.2) is 11.5 Å². The van der Waals surface area contributed by atoms with Crippen LogP contribution in [-0.2, 0) is 0 Å². The number of ether oxygens (including phenoxy) is 2. The lowest BCUT2D eigenvalue weighted by atomic mass is 9.95. The Hall–Kier alpha value is -1.22. The van der Waals surface area contributed by atoms with Crippen molar-refractivity contribution in [1.29, 1.82) is 0 Å². The lowest BCUT2D eigenvalue weighted by Crippen LogP contribution is -2.48. The van der Waals surface area contributed by atoms with Gasteiger partial charge in [-0.15, -0.1) is 0 Å². The zero-order valence-electron chi connectivity index (χ0n) is 12.2. The van der Waals surface area contributed by atoms with E-state index in [0.29, 0.717) is 18.6 Å². The van der Waals surface area contributed by atoms with Crippen LogP contribution in [-0.4, -0.2) is 25.3 Å². The molecule has 0 spiro atoms. The van der Waals surface area contributed by atoms with Crippen molar-refractivity contribution < 1.29 is 9.47 Å². The molecule has 106 valence electrons. The molecule has 0 bridgehead atoms. The van der Waals surface area contributed by atoms with Crippen LogP contribution >= 0.6 is 0 Å². The Kier molecular flexibility index (Phi) is 5.08. The summed E-state index contributed by atoms with van der Waals surface area (Å²) < 4.78 is 11.9. The number of likely N-dealkylation sites (N-methyl/N-ethyl adjacent to an activating group) is 1. The van der Waals surface area contributed by atoms with Crippen molar-refractivity contribution in [2.24, 2.45) is 5.92 Å². The summed E-state index contributed by atoms with van der Waals surface area (Å²) in [5.74, 6) is 2.42. The highest BCUT2D eigenvalue weighted by molar-refractivity contribution is 5.40. The summed E-state index contributed by atoms with van der Waals surface area (Å²) in [6.07, 6.45) is 2.43. The van der Waals surface area contributed by atoms with Gasteiger partial charge in [0.25, 0.3) is 0 Å². The first-order valence-corrected chi connectivity index (χ1v) is 7.36. The number of hydrogen-bond acceptors (Lipinski definition) is 3. The molecular weight excluding hydrogens is 238 g/mol. The molecule has 1 aliphatic rings. The van der Waals surface area contributed by atoms with Gasteiger partial charge in [0.2, 0.25) is 0 Å². The molecule has 2 rings (SSSR count). The van der Waals surface area contributed by atoms with E-state index in [2.05, 4.69) is 26.1 Å². The fourth-order valence-corrected chi connectivity index (χ4v) is 2.46. The molecule has 19 heavy (non-hydrogen) atoms. The van der Waals surface area contributed by atoms with Crippen LogP contribution in [0.5, 0.6) is 11.5 Å². The Morgan fingerprint density at radius 1 is 1.26 bits per heavy atom. The maximum absolute atomic E-state index is 6.10. The molecule has 3 nitrogen and oxygen atoms in total. The third kappa shape index (κ3) is 3.63. The monoisotopic (exact) mass is 263 g/mol. The van der Waals surface area contributed by atoms with Gasteiger partial charge in [-0.3, -0.25) is 0 Å². The fraction of sp³-hybridized carbons (Fsp3) is 0.625. The molecule has 0 fully saturated rings. The number of nitrogens with one attached hydrogen (secondary N) is 1. The van der Waals surface area contributed by atoms with Crippen LogP contribution in [0.25, 0.3) is 0 Å². The molecule has 1 aromatic carbocycles. The van der Waals surface area contributed by atoms with E-state index in [9.17, 15) is 0 Å². The summed E-state index contributed by atoms with van der Waals surface area (Å²) in [6, 6.07) is 8.26. The van der Waals surface area contributed by atoms with Gasteiger partial charge < -0.3 is 14.8 Å². The van der Waals surface area contributed by atoms with E-state index in [1.807, 2.05) is 24.3 Å². The Labute approximate surface area is 116 Å². The van der Waals surface area contributed by atoms with E-state index in [1.54, 1.807) is 0 Å². The van der Waals surface area contributed by atoms with E-state index in [4.69, 9.17) is 9.47 Å². The second-order valence-electron chi connectivity index (χ2n) is 5.33. The molecule has 1 heterocycles. The van der Waals surface area contributed by atoms with Crippen LogP contribution in [0.4, 0.5) is 0 Å². The lowest BCUT2D eigenvalue weighted by Gasteiger charge is -2.33. The summed E-state index contributed by atoms with van der Waals surface area (Å²) in [6.45, 7) is 8.26.